The van der Waals surface area contributed by atoms with Crippen molar-refractivity contribution in [3.8, 4) is 5.75 Å². The van der Waals surface area contributed by atoms with Crippen LogP contribution in [0.25, 0.3) is 10.9 Å². The first-order valence-corrected chi connectivity index (χ1v) is 8.74. The normalized spacial score (nSPS) is 13.9. The van der Waals surface area contributed by atoms with Gasteiger partial charge in [-0.15, -0.1) is 0 Å². The van der Waals surface area contributed by atoms with E-state index in [0.29, 0.717) is 13.1 Å². The maximum absolute atomic E-state index is 12.0. The van der Waals surface area contributed by atoms with E-state index in [1.54, 1.807) is 13.4 Å². The molecule has 0 atom stereocenters. The Kier molecular flexibility index (Phi) is 4.74. The molecular formula is C20H20N4O3. The van der Waals surface area contributed by atoms with Crippen LogP contribution in [-0.2, 0) is 11.3 Å². The molecule has 0 unspecified atom stereocenters. The zero-order valence-corrected chi connectivity index (χ0v) is 15.0. The van der Waals surface area contributed by atoms with Gasteiger partial charge in [0.2, 0.25) is 0 Å². The topological polar surface area (TPSA) is 76.6 Å². The van der Waals surface area contributed by atoms with Gasteiger partial charge < -0.3 is 19.7 Å². The number of methoxy groups -OCH3 is 1. The van der Waals surface area contributed by atoms with Crippen molar-refractivity contribution in [3.63, 3.8) is 0 Å². The van der Waals surface area contributed by atoms with Gasteiger partial charge in [0.25, 0.3) is 0 Å². The van der Waals surface area contributed by atoms with E-state index in [0.717, 1.165) is 28.0 Å². The molecule has 0 saturated carbocycles. The molecule has 4 rings (SSSR count). The molecule has 0 aliphatic carbocycles. The minimum atomic E-state index is -0.405. The van der Waals surface area contributed by atoms with Gasteiger partial charge in [-0.05, 0) is 23.8 Å². The number of alkyl carbamates (subject to hydrolysis) is 1. The predicted molar refractivity (Wildman–Crippen MR) is 102 cm³/mol. The fourth-order valence-electron chi connectivity index (χ4n) is 3.08. The number of hydrogen-bond acceptors (Lipinski definition) is 6. The van der Waals surface area contributed by atoms with Crippen LogP contribution in [0.2, 0.25) is 0 Å². The number of benzene rings is 2. The molecule has 1 N–H and O–H groups in total. The number of amides is 1. The number of nitrogens with zero attached hydrogens (tertiary/aromatic N) is 3. The van der Waals surface area contributed by atoms with Crippen molar-refractivity contribution < 1.29 is 14.3 Å². The van der Waals surface area contributed by atoms with Crippen molar-refractivity contribution in [2.75, 3.05) is 25.1 Å². The summed E-state index contributed by atoms with van der Waals surface area (Å²) < 4.78 is 10.6. The third-order valence-corrected chi connectivity index (χ3v) is 4.54. The van der Waals surface area contributed by atoms with Crippen LogP contribution in [-0.4, -0.2) is 42.3 Å². The first-order chi connectivity index (χ1) is 13.2. The van der Waals surface area contributed by atoms with Crippen molar-refractivity contribution >= 4 is 22.8 Å². The number of rotatable bonds is 5. The van der Waals surface area contributed by atoms with Crippen LogP contribution >= 0.6 is 0 Å². The molecule has 7 nitrogen and oxygen atoms in total. The van der Waals surface area contributed by atoms with Crippen LogP contribution in [0.1, 0.15) is 5.56 Å². The van der Waals surface area contributed by atoms with Gasteiger partial charge in [0.15, 0.2) is 0 Å². The summed E-state index contributed by atoms with van der Waals surface area (Å²) in [6.45, 7) is 1.60. The minimum Gasteiger partial charge on any atom is -0.497 e. The summed E-state index contributed by atoms with van der Waals surface area (Å²) >= 11 is 0. The second-order valence-electron chi connectivity index (χ2n) is 6.39. The zero-order valence-electron chi connectivity index (χ0n) is 15.0. The summed E-state index contributed by atoms with van der Waals surface area (Å²) in [5, 5.41) is 3.82. The lowest BCUT2D eigenvalue weighted by atomic mass is 10.1. The van der Waals surface area contributed by atoms with Gasteiger partial charge in [0.05, 0.1) is 18.7 Å². The molecule has 3 aromatic rings. The molecule has 2 aromatic carbocycles. The lowest BCUT2D eigenvalue weighted by Gasteiger charge is -2.40. The number of fused-ring (bicyclic) bond motifs is 1. The van der Waals surface area contributed by atoms with Crippen LogP contribution in [0.3, 0.4) is 0 Å². The molecule has 0 radical (unpaired) electrons. The molecule has 1 aliphatic rings. The highest BCUT2D eigenvalue weighted by molar-refractivity contribution is 5.90. The van der Waals surface area contributed by atoms with Gasteiger partial charge in [-0.25, -0.2) is 14.8 Å². The second kappa shape index (κ2) is 7.49. The quantitative estimate of drug-likeness (QED) is 0.750. The number of hydrogen-bond donors (Lipinski definition) is 1. The number of carbonyl (C=O) groups is 1. The summed E-state index contributed by atoms with van der Waals surface area (Å²) in [6, 6.07) is 15.4. The van der Waals surface area contributed by atoms with Gasteiger partial charge in [-0.2, -0.15) is 0 Å². The molecule has 0 bridgehead atoms. The third-order valence-electron chi connectivity index (χ3n) is 4.54. The van der Waals surface area contributed by atoms with Crippen molar-refractivity contribution in [3.05, 3.63) is 60.4 Å². The monoisotopic (exact) mass is 364 g/mol. The lowest BCUT2D eigenvalue weighted by molar-refractivity contribution is 0.133. The van der Waals surface area contributed by atoms with E-state index in [-0.39, 0.29) is 12.6 Å². The summed E-state index contributed by atoms with van der Waals surface area (Å²) in [6.07, 6.45) is 1.15. The second-order valence-corrected chi connectivity index (χ2v) is 6.39. The number of aromatic nitrogens is 2. The van der Waals surface area contributed by atoms with Crippen molar-refractivity contribution in [1.82, 2.24) is 15.3 Å². The lowest BCUT2D eigenvalue weighted by Crippen LogP contribution is -2.59. The highest BCUT2D eigenvalue weighted by Gasteiger charge is 2.30. The molecule has 1 aliphatic heterocycles. The molecule has 1 fully saturated rings. The fourth-order valence-corrected chi connectivity index (χ4v) is 3.08. The Morgan fingerprint density at radius 1 is 1.19 bits per heavy atom. The van der Waals surface area contributed by atoms with Gasteiger partial charge >= 0.3 is 6.09 Å². The molecule has 1 amide bonds. The van der Waals surface area contributed by atoms with E-state index in [4.69, 9.17) is 9.47 Å². The average molecular weight is 364 g/mol. The molecule has 1 saturated heterocycles. The highest BCUT2D eigenvalue weighted by Crippen LogP contribution is 2.29. The molecule has 0 spiro atoms. The van der Waals surface area contributed by atoms with Crippen LogP contribution < -0.4 is 15.0 Å². The van der Waals surface area contributed by atoms with E-state index >= 15 is 0 Å². The highest BCUT2D eigenvalue weighted by atomic mass is 16.5. The Balaban J connectivity index is 1.34. The Labute approximate surface area is 156 Å². The molecule has 2 heterocycles. The standard InChI is InChI=1S/C20H20N4O3/c1-26-16-7-8-18-17(9-16)19(22-13-21-18)24-10-15(11-24)23-20(25)27-12-14-5-3-2-4-6-14/h2-9,13,15H,10-12H2,1H3,(H,23,25). The number of ether oxygens (including phenoxy) is 2. The maximum Gasteiger partial charge on any atom is 0.407 e. The van der Waals surface area contributed by atoms with E-state index in [1.807, 2.05) is 48.5 Å². The molecule has 1 aromatic heterocycles. The number of nitrogens with one attached hydrogen (secondary N) is 1. The maximum atomic E-state index is 12.0. The minimum absolute atomic E-state index is 0.0314. The summed E-state index contributed by atoms with van der Waals surface area (Å²) in [5.74, 6) is 1.60. The van der Waals surface area contributed by atoms with Crippen LogP contribution in [0.15, 0.2) is 54.9 Å². The first-order valence-electron chi connectivity index (χ1n) is 8.74. The van der Waals surface area contributed by atoms with Gasteiger partial charge in [0.1, 0.15) is 24.5 Å². The summed E-state index contributed by atoms with van der Waals surface area (Å²) in [7, 11) is 1.63. The van der Waals surface area contributed by atoms with Crippen LogP contribution in [0.5, 0.6) is 5.75 Å². The summed E-state index contributed by atoms with van der Waals surface area (Å²) in [4.78, 5) is 22.8. The van der Waals surface area contributed by atoms with Crippen molar-refractivity contribution in [2.45, 2.75) is 12.6 Å². The van der Waals surface area contributed by atoms with Crippen LogP contribution in [0, 0.1) is 0 Å². The van der Waals surface area contributed by atoms with Crippen molar-refractivity contribution in [1.29, 1.82) is 0 Å². The molecule has 27 heavy (non-hydrogen) atoms. The molecular weight excluding hydrogens is 344 g/mol. The van der Waals surface area contributed by atoms with Gasteiger partial charge in [0, 0.05) is 18.5 Å². The third kappa shape index (κ3) is 3.76. The Bertz CT molecular complexity index is 942. The summed E-state index contributed by atoms with van der Waals surface area (Å²) in [5.41, 5.74) is 1.82. The largest absolute Gasteiger partial charge is 0.497 e. The zero-order chi connectivity index (χ0) is 18.6. The predicted octanol–water partition coefficient (Wildman–Crippen LogP) is 2.75. The van der Waals surface area contributed by atoms with E-state index in [1.165, 1.54) is 0 Å². The van der Waals surface area contributed by atoms with Gasteiger partial charge in [-0.1, -0.05) is 30.3 Å². The van der Waals surface area contributed by atoms with Crippen LogP contribution in [0.4, 0.5) is 10.6 Å². The number of carbonyl (C=O) groups excluding carboxylic acids is 1. The first kappa shape index (κ1) is 17.1. The van der Waals surface area contributed by atoms with Crippen molar-refractivity contribution in [2.24, 2.45) is 0 Å². The van der Waals surface area contributed by atoms with E-state index < -0.39 is 6.09 Å². The Morgan fingerprint density at radius 2 is 2.00 bits per heavy atom. The SMILES string of the molecule is COc1ccc2ncnc(N3CC(NC(=O)OCc4ccccc4)C3)c2c1. The number of anilines is 1. The smallest absolute Gasteiger partial charge is 0.407 e. The Hall–Kier alpha value is -3.35. The average Bonchev–Trinajstić information content (AvgIpc) is 2.69. The van der Waals surface area contributed by atoms with E-state index in [9.17, 15) is 4.79 Å². The Morgan fingerprint density at radius 3 is 2.78 bits per heavy atom. The molecule has 138 valence electrons. The van der Waals surface area contributed by atoms with Gasteiger partial charge in [-0.3, -0.25) is 0 Å². The molecule has 7 heteroatoms. The van der Waals surface area contributed by atoms with E-state index in [2.05, 4.69) is 20.2 Å². The fraction of sp³-hybridized carbons (Fsp3) is 0.250.